The molecule has 1 aromatic carbocycles. The molecule has 102 valence electrons. The molecule has 0 bridgehead atoms. The lowest BCUT2D eigenvalue weighted by atomic mass is 10.2. The lowest BCUT2D eigenvalue weighted by Gasteiger charge is -2.19. The SMILES string of the molecule is Cc1cc(Br)cnc1Nc1ccc2c(c1)NC(=O)CO2. The van der Waals surface area contributed by atoms with E-state index in [-0.39, 0.29) is 12.5 Å². The Balaban J connectivity index is 1.88. The number of hydrogen-bond donors (Lipinski definition) is 2. The molecule has 6 heteroatoms. The van der Waals surface area contributed by atoms with Gasteiger partial charge in [-0.25, -0.2) is 4.98 Å². The van der Waals surface area contributed by atoms with Crippen molar-refractivity contribution in [1.29, 1.82) is 0 Å². The van der Waals surface area contributed by atoms with Gasteiger partial charge in [-0.15, -0.1) is 0 Å². The number of ether oxygens (including phenoxy) is 1. The summed E-state index contributed by atoms with van der Waals surface area (Å²) in [6.45, 7) is 2.04. The smallest absolute Gasteiger partial charge is 0.262 e. The van der Waals surface area contributed by atoms with Crippen molar-refractivity contribution in [3.8, 4) is 5.75 Å². The molecule has 2 aromatic rings. The predicted molar refractivity (Wildman–Crippen MR) is 80.5 cm³/mol. The second kappa shape index (κ2) is 5.13. The molecule has 2 N–H and O–H groups in total. The van der Waals surface area contributed by atoms with Crippen LogP contribution in [0.5, 0.6) is 5.75 Å². The second-order valence-corrected chi connectivity index (χ2v) is 5.41. The Morgan fingerprint density at radius 3 is 3.05 bits per heavy atom. The summed E-state index contributed by atoms with van der Waals surface area (Å²) in [4.78, 5) is 15.6. The third kappa shape index (κ3) is 2.60. The van der Waals surface area contributed by atoms with Crippen LogP contribution in [-0.4, -0.2) is 17.5 Å². The number of hydrogen-bond acceptors (Lipinski definition) is 4. The van der Waals surface area contributed by atoms with Crippen molar-refractivity contribution in [1.82, 2.24) is 4.98 Å². The molecule has 5 nitrogen and oxygen atoms in total. The normalized spacial score (nSPS) is 13.2. The number of halogens is 1. The van der Waals surface area contributed by atoms with Gasteiger partial charge < -0.3 is 15.4 Å². The van der Waals surface area contributed by atoms with Gasteiger partial charge in [-0.2, -0.15) is 0 Å². The van der Waals surface area contributed by atoms with Gasteiger partial charge in [0, 0.05) is 16.4 Å². The number of fused-ring (bicyclic) bond motifs is 1. The summed E-state index contributed by atoms with van der Waals surface area (Å²) >= 11 is 3.38. The molecule has 0 atom stereocenters. The first-order chi connectivity index (χ1) is 9.61. The second-order valence-electron chi connectivity index (χ2n) is 4.49. The van der Waals surface area contributed by atoms with Crippen molar-refractivity contribution in [2.45, 2.75) is 6.92 Å². The van der Waals surface area contributed by atoms with Crippen LogP contribution in [0.4, 0.5) is 17.2 Å². The first kappa shape index (κ1) is 12.9. The van der Waals surface area contributed by atoms with Crippen LogP contribution >= 0.6 is 15.9 Å². The molecule has 1 aliphatic rings. The van der Waals surface area contributed by atoms with E-state index in [2.05, 4.69) is 31.5 Å². The number of rotatable bonds is 2. The van der Waals surface area contributed by atoms with Crippen LogP contribution in [0.3, 0.4) is 0 Å². The summed E-state index contributed by atoms with van der Waals surface area (Å²) in [5, 5.41) is 6.00. The molecule has 0 fully saturated rings. The first-order valence-corrected chi connectivity index (χ1v) is 6.87. The van der Waals surface area contributed by atoms with E-state index in [4.69, 9.17) is 4.74 Å². The molecule has 0 radical (unpaired) electrons. The van der Waals surface area contributed by atoms with Crippen molar-refractivity contribution < 1.29 is 9.53 Å². The van der Waals surface area contributed by atoms with E-state index in [0.29, 0.717) is 11.4 Å². The summed E-state index contributed by atoms with van der Waals surface area (Å²) in [6, 6.07) is 7.53. The monoisotopic (exact) mass is 333 g/mol. The third-order valence-corrected chi connectivity index (χ3v) is 3.35. The van der Waals surface area contributed by atoms with Gasteiger partial charge in [0.2, 0.25) is 0 Å². The summed E-state index contributed by atoms with van der Waals surface area (Å²) in [5.74, 6) is 1.31. The molecule has 1 aromatic heterocycles. The van der Waals surface area contributed by atoms with Gasteiger partial charge >= 0.3 is 0 Å². The van der Waals surface area contributed by atoms with Crippen molar-refractivity contribution in [2.24, 2.45) is 0 Å². The van der Waals surface area contributed by atoms with Crippen LogP contribution in [0.15, 0.2) is 34.9 Å². The van der Waals surface area contributed by atoms with E-state index >= 15 is 0 Å². The lowest BCUT2D eigenvalue weighted by molar-refractivity contribution is -0.118. The van der Waals surface area contributed by atoms with E-state index in [9.17, 15) is 4.79 Å². The molecule has 0 saturated carbocycles. The summed E-state index contributed by atoms with van der Waals surface area (Å²) in [7, 11) is 0. The highest BCUT2D eigenvalue weighted by molar-refractivity contribution is 9.10. The molecular weight excluding hydrogens is 322 g/mol. The maximum absolute atomic E-state index is 11.3. The standard InChI is InChI=1S/C14H12BrN3O2/c1-8-4-9(15)6-16-14(8)17-10-2-3-12-11(5-10)18-13(19)7-20-12/h2-6H,7H2,1H3,(H,16,17)(H,18,19). The van der Waals surface area contributed by atoms with Gasteiger partial charge in [0.15, 0.2) is 6.61 Å². The molecule has 2 heterocycles. The maximum Gasteiger partial charge on any atom is 0.262 e. The van der Waals surface area contributed by atoms with E-state index in [1.807, 2.05) is 31.2 Å². The largest absolute Gasteiger partial charge is 0.482 e. The van der Waals surface area contributed by atoms with Crippen LogP contribution in [0.25, 0.3) is 0 Å². The fourth-order valence-corrected chi connectivity index (χ4v) is 2.41. The van der Waals surface area contributed by atoms with Crippen molar-refractivity contribution in [3.05, 3.63) is 40.5 Å². The predicted octanol–water partition coefficient (Wildman–Crippen LogP) is 3.23. The number of aromatic nitrogens is 1. The molecule has 0 aliphatic carbocycles. The highest BCUT2D eigenvalue weighted by Crippen LogP contribution is 2.31. The zero-order valence-electron chi connectivity index (χ0n) is 10.7. The van der Waals surface area contributed by atoms with Gasteiger partial charge in [0.05, 0.1) is 5.69 Å². The average Bonchev–Trinajstić information content (AvgIpc) is 2.41. The van der Waals surface area contributed by atoms with Crippen LogP contribution < -0.4 is 15.4 Å². The van der Waals surface area contributed by atoms with Crippen LogP contribution in [-0.2, 0) is 4.79 Å². The van der Waals surface area contributed by atoms with Crippen LogP contribution in [0, 0.1) is 6.92 Å². The van der Waals surface area contributed by atoms with E-state index in [1.54, 1.807) is 6.20 Å². The Kier molecular flexibility index (Phi) is 3.31. The summed E-state index contributed by atoms with van der Waals surface area (Å²) < 4.78 is 6.26. The molecular formula is C14H12BrN3O2. The number of carbonyl (C=O) groups excluding carboxylic acids is 1. The number of carbonyl (C=O) groups is 1. The fraction of sp³-hybridized carbons (Fsp3) is 0.143. The summed E-state index contributed by atoms with van der Waals surface area (Å²) in [5.41, 5.74) is 2.53. The highest BCUT2D eigenvalue weighted by atomic mass is 79.9. The van der Waals surface area contributed by atoms with Crippen molar-refractivity contribution in [2.75, 3.05) is 17.2 Å². The molecule has 0 saturated heterocycles. The molecule has 0 unspecified atom stereocenters. The lowest BCUT2D eigenvalue weighted by Crippen LogP contribution is -2.25. The molecule has 1 amide bonds. The average molecular weight is 334 g/mol. The Bertz CT molecular complexity index is 688. The van der Waals surface area contributed by atoms with E-state index < -0.39 is 0 Å². The maximum atomic E-state index is 11.3. The van der Waals surface area contributed by atoms with E-state index in [1.165, 1.54) is 0 Å². The minimum atomic E-state index is -0.146. The quantitative estimate of drug-likeness (QED) is 0.885. The van der Waals surface area contributed by atoms with Crippen LogP contribution in [0.1, 0.15) is 5.56 Å². The number of amides is 1. The van der Waals surface area contributed by atoms with Crippen molar-refractivity contribution >= 4 is 39.0 Å². The topological polar surface area (TPSA) is 63.2 Å². The third-order valence-electron chi connectivity index (χ3n) is 2.92. The van der Waals surface area contributed by atoms with Gasteiger partial charge in [0.1, 0.15) is 11.6 Å². The number of benzene rings is 1. The van der Waals surface area contributed by atoms with Gasteiger partial charge in [-0.05, 0) is 52.7 Å². The number of nitrogens with zero attached hydrogens (tertiary/aromatic N) is 1. The van der Waals surface area contributed by atoms with Gasteiger partial charge in [-0.1, -0.05) is 0 Å². The highest BCUT2D eigenvalue weighted by Gasteiger charge is 2.16. The number of pyridine rings is 1. The van der Waals surface area contributed by atoms with E-state index in [0.717, 1.165) is 21.5 Å². The van der Waals surface area contributed by atoms with Gasteiger partial charge in [-0.3, -0.25) is 4.79 Å². The van der Waals surface area contributed by atoms with Crippen molar-refractivity contribution in [3.63, 3.8) is 0 Å². The van der Waals surface area contributed by atoms with Gasteiger partial charge in [0.25, 0.3) is 5.91 Å². The number of aryl methyl sites for hydroxylation is 1. The van der Waals surface area contributed by atoms with Crippen LogP contribution in [0.2, 0.25) is 0 Å². The molecule has 1 aliphatic heterocycles. The minimum Gasteiger partial charge on any atom is -0.482 e. The Hall–Kier alpha value is -2.08. The fourth-order valence-electron chi connectivity index (χ4n) is 1.97. The molecule has 3 rings (SSSR count). The zero-order valence-corrected chi connectivity index (χ0v) is 12.3. The molecule has 20 heavy (non-hydrogen) atoms. The Morgan fingerprint density at radius 1 is 1.40 bits per heavy atom. The zero-order chi connectivity index (χ0) is 14.1. The number of anilines is 3. The molecule has 0 spiro atoms. The number of nitrogens with one attached hydrogen (secondary N) is 2. The summed E-state index contributed by atoms with van der Waals surface area (Å²) in [6.07, 6.45) is 1.73. The Labute approximate surface area is 124 Å². The minimum absolute atomic E-state index is 0.0626. The first-order valence-electron chi connectivity index (χ1n) is 6.08. The Morgan fingerprint density at radius 2 is 2.25 bits per heavy atom.